The predicted octanol–water partition coefficient (Wildman–Crippen LogP) is 4.03. The summed E-state index contributed by atoms with van der Waals surface area (Å²) in [5, 5.41) is 24.6. The molecule has 35 heavy (non-hydrogen) atoms. The molecule has 0 saturated heterocycles. The van der Waals surface area contributed by atoms with Gasteiger partial charge in [0.2, 0.25) is 5.91 Å². The maximum absolute atomic E-state index is 12.7. The second-order valence-electron chi connectivity index (χ2n) is 8.28. The van der Waals surface area contributed by atoms with Crippen LogP contribution in [0.2, 0.25) is 0 Å². The summed E-state index contributed by atoms with van der Waals surface area (Å²) in [6, 6.07) is 18.2. The van der Waals surface area contributed by atoms with E-state index >= 15 is 0 Å². The van der Waals surface area contributed by atoms with E-state index in [1.165, 1.54) is 12.1 Å². The lowest BCUT2D eigenvalue weighted by molar-refractivity contribution is -0.121. The van der Waals surface area contributed by atoms with E-state index in [1.54, 1.807) is 6.07 Å². The lowest BCUT2D eigenvalue weighted by Crippen LogP contribution is -2.26. The molecule has 0 aliphatic carbocycles. The molecule has 0 radical (unpaired) electrons. The van der Waals surface area contributed by atoms with Crippen LogP contribution in [0.4, 0.5) is 0 Å². The number of carbonyl (C=O) groups excluding carboxylic acids is 2. The number of aryl methyl sites for hydroxylation is 3. The molecule has 3 aromatic carbocycles. The van der Waals surface area contributed by atoms with Crippen molar-refractivity contribution in [3.63, 3.8) is 0 Å². The zero-order chi connectivity index (χ0) is 25.2. The number of phenolic OH excluding ortho intramolecular Hbond substituents is 1. The number of nitrogens with one attached hydrogen (secondary N) is 2. The maximum atomic E-state index is 12.7. The number of aliphatic hydroxyl groups excluding tert-OH is 1. The largest absolute Gasteiger partial charge is 0.507 e. The average Bonchev–Trinajstić information content (AvgIpc) is 2.87. The van der Waals surface area contributed by atoms with Crippen LogP contribution in [-0.2, 0) is 24.2 Å². The van der Waals surface area contributed by atoms with Crippen LogP contribution in [0.1, 0.15) is 46.0 Å². The van der Waals surface area contributed by atoms with Gasteiger partial charge in [0.05, 0.1) is 12.2 Å². The van der Waals surface area contributed by atoms with Gasteiger partial charge in [0.25, 0.3) is 5.91 Å². The van der Waals surface area contributed by atoms with Gasteiger partial charge in [0.15, 0.2) is 0 Å². The zero-order valence-electron chi connectivity index (χ0n) is 20.1. The number of hydrogen-bond donors (Lipinski definition) is 4. The van der Waals surface area contributed by atoms with Gasteiger partial charge in [-0.3, -0.25) is 9.59 Å². The molecular formula is C28H32N2O5. The molecule has 0 heterocycles. The second-order valence-corrected chi connectivity index (χ2v) is 8.28. The van der Waals surface area contributed by atoms with Crippen LogP contribution in [0, 0.1) is 6.92 Å². The molecule has 0 aliphatic rings. The second kappa shape index (κ2) is 12.6. The topological polar surface area (TPSA) is 108 Å². The monoisotopic (exact) mass is 476 g/mol. The number of phenols is 1. The van der Waals surface area contributed by atoms with Gasteiger partial charge in [0, 0.05) is 19.5 Å². The highest BCUT2D eigenvalue weighted by Gasteiger charge is 2.15. The highest BCUT2D eigenvalue weighted by molar-refractivity contribution is 5.97. The Balaban J connectivity index is 1.73. The van der Waals surface area contributed by atoms with Crippen LogP contribution < -0.4 is 15.4 Å². The third-order valence-electron chi connectivity index (χ3n) is 5.60. The number of benzene rings is 3. The summed E-state index contributed by atoms with van der Waals surface area (Å²) in [7, 11) is 0. The van der Waals surface area contributed by atoms with Gasteiger partial charge in [-0.2, -0.15) is 0 Å². The van der Waals surface area contributed by atoms with Crippen molar-refractivity contribution in [2.45, 2.75) is 39.7 Å². The van der Waals surface area contributed by atoms with Gasteiger partial charge >= 0.3 is 0 Å². The lowest BCUT2D eigenvalue weighted by atomic mass is 10.00. The molecule has 0 aromatic heterocycles. The van der Waals surface area contributed by atoms with Crippen LogP contribution in [0.3, 0.4) is 0 Å². The van der Waals surface area contributed by atoms with Gasteiger partial charge in [-0.25, -0.2) is 0 Å². The number of ether oxygens (including phenoxy) is 1. The van der Waals surface area contributed by atoms with Crippen molar-refractivity contribution in [2.75, 3.05) is 13.2 Å². The van der Waals surface area contributed by atoms with E-state index in [0.717, 1.165) is 28.7 Å². The van der Waals surface area contributed by atoms with E-state index in [1.807, 2.05) is 56.3 Å². The number of aromatic hydroxyl groups is 1. The van der Waals surface area contributed by atoms with Crippen molar-refractivity contribution in [2.24, 2.45) is 0 Å². The molecule has 3 rings (SSSR count). The summed E-state index contributed by atoms with van der Waals surface area (Å²) >= 11 is 0. The van der Waals surface area contributed by atoms with Gasteiger partial charge in [-0.1, -0.05) is 49.4 Å². The van der Waals surface area contributed by atoms with Crippen molar-refractivity contribution in [3.05, 3.63) is 88.5 Å². The molecule has 0 unspecified atom stereocenters. The molecule has 0 saturated carbocycles. The zero-order valence-corrected chi connectivity index (χ0v) is 20.1. The van der Waals surface area contributed by atoms with Crippen molar-refractivity contribution in [1.82, 2.24) is 10.6 Å². The van der Waals surface area contributed by atoms with Gasteiger partial charge in [-0.05, 0) is 60.2 Å². The lowest BCUT2D eigenvalue weighted by Gasteiger charge is -2.16. The molecule has 7 nitrogen and oxygen atoms in total. The third-order valence-corrected chi connectivity index (χ3v) is 5.60. The van der Waals surface area contributed by atoms with Crippen LogP contribution >= 0.6 is 0 Å². The Hall–Kier alpha value is -3.84. The maximum Gasteiger partial charge on any atom is 0.255 e. The Morgan fingerprint density at radius 1 is 0.971 bits per heavy atom. The van der Waals surface area contributed by atoms with E-state index in [0.29, 0.717) is 30.9 Å². The molecule has 3 aromatic rings. The summed E-state index contributed by atoms with van der Waals surface area (Å²) in [6.07, 6.45) is 1.64. The number of aliphatic hydroxyl groups is 1. The first kappa shape index (κ1) is 25.8. The minimum Gasteiger partial charge on any atom is -0.507 e. The summed E-state index contributed by atoms with van der Waals surface area (Å²) in [6.45, 7) is 4.49. The quantitative estimate of drug-likeness (QED) is 0.334. The fourth-order valence-corrected chi connectivity index (χ4v) is 3.77. The highest BCUT2D eigenvalue weighted by atomic mass is 16.5. The summed E-state index contributed by atoms with van der Waals surface area (Å²) in [5.41, 5.74) is 4.02. The standard InChI is InChI=1S/C28H32N2O5/c1-3-22-16-21(9-12-26(33)29-13-14-31)15-19(2)27(22)35-23-10-11-25(32)24(17-23)28(34)30-18-20-7-5-4-6-8-20/h4-8,10-11,15-17,31-32H,3,9,12-14,18H2,1-2H3,(H,29,33)(H,30,34). The first-order chi connectivity index (χ1) is 16.9. The van der Waals surface area contributed by atoms with Gasteiger partial charge in [0.1, 0.15) is 17.2 Å². The number of hydrogen-bond acceptors (Lipinski definition) is 5. The molecule has 0 fully saturated rings. The average molecular weight is 477 g/mol. The molecule has 2 amide bonds. The van der Waals surface area contributed by atoms with Crippen molar-refractivity contribution in [1.29, 1.82) is 0 Å². The van der Waals surface area contributed by atoms with Crippen LogP contribution in [0.5, 0.6) is 17.2 Å². The summed E-state index contributed by atoms with van der Waals surface area (Å²) in [5.74, 6) is 0.533. The number of carbonyl (C=O) groups is 2. The van der Waals surface area contributed by atoms with Gasteiger partial charge in [-0.15, -0.1) is 0 Å². The van der Waals surface area contributed by atoms with Crippen molar-refractivity contribution in [3.8, 4) is 17.2 Å². The van der Waals surface area contributed by atoms with Gasteiger partial charge < -0.3 is 25.6 Å². The molecule has 0 atom stereocenters. The fraction of sp³-hybridized carbons (Fsp3) is 0.286. The van der Waals surface area contributed by atoms with E-state index in [9.17, 15) is 14.7 Å². The normalized spacial score (nSPS) is 10.6. The van der Waals surface area contributed by atoms with Crippen LogP contribution in [0.15, 0.2) is 60.7 Å². The Labute approximate surface area is 205 Å². The first-order valence-corrected chi connectivity index (χ1v) is 11.7. The Bertz CT molecular complexity index is 1160. The molecule has 4 N–H and O–H groups in total. The van der Waals surface area contributed by atoms with Crippen molar-refractivity contribution < 1.29 is 24.5 Å². The highest BCUT2D eigenvalue weighted by Crippen LogP contribution is 2.33. The molecular weight excluding hydrogens is 444 g/mol. The number of rotatable bonds is 11. The Kier molecular flexibility index (Phi) is 9.26. The van der Waals surface area contributed by atoms with Crippen LogP contribution in [-0.4, -0.2) is 35.2 Å². The molecule has 0 spiro atoms. The Morgan fingerprint density at radius 2 is 1.74 bits per heavy atom. The Morgan fingerprint density at radius 3 is 2.46 bits per heavy atom. The smallest absolute Gasteiger partial charge is 0.255 e. The molecule has 0 aliphatic heterocycles. The third kappa shape index (κ3) is 7.32. The summed E-state index contributed by atoms with van der Waals surface area (Å²) in [4.78, 5) is 24.6. The minimum absolute atomic E-state index is 0.0788. The summed E-state index contributed by atoms with van der Waals surface area (Å²) < 4.78 is 6.18. The molecule has 184 valence electrons. The SMILES string of the molecule is CCc1cc(CCC(=O)NCCO)cc(C)c1Oc1ccc(O)c(C(=O)NCc2ccccc2)c1. The predicted molar refractivity (Wildman–Crippen MR) is 135 cm³/mol. The molecule has 7 heteroatoms. The van der Waals surface area contributed by atoms with Crippen LogP contribution in [0.25, 0.3) is 0 Å². The minimum atomic E-state index is -0.390. The van der Waals surface area contributed by atoms with E-state index in [4.69, 9.17) is 9.84 Å². The van der Waals surface area contributed by atoms with E-state index in [-0.39, 0.29) is 36.3 Å². The fourth-order valence-electron chi connectivity index (χ4n) is 3.77. The molecule has 0 bridgehead atoms. The first-order valence-electron chi connectivity index (χ1n) is 11.7. The van der Waals surface area contributed by atoms with Crippen molar-refractivity contribution >= 4 is 11.8 Å². The number of amides is 2. The van der Waals surface area contributed by atoms with E-state index < -0.39 is 0 Å². The van der Waals surface area contributed by atoms with E-state index in [2.05, 4.69) is 10.6 Å².